The molecule has 0 aliphatic carbocycles. The molecule has 3 aromatic rings. The van der Waals surface area contributed by atoms with Crippen LogP contribution in [0.1, 0.15) is 6.92 Å². The molecule has 3 rings (SSSR count). The average Bonchev–Trinajstić information content (AvgIpc) is 3.04. The van der Waals surface area contributed by atoms with Gasteiger partial charge in [-0.15, -0.1) is 5.10 Å². The van der Waals surface area contributed by atoms with Gasteiger partial charge in [0.05, 0.1) is 5.52 Å². The van der Waals surface area contributed by atoms with E-state index in [1.54, 1.807) is 16.8 Å². The smallest absolute Gasteiger partial charge is 0.335 e. The van der Waals surface area contributed by atoms with Crippen molar-refractivity contribution in [2.24, 2.45) is 0 Å². The van der Waals surface area contributed by atoms with Crippen molar-refractivity contribution in [3.05, 3.63) is 60.7 Å². The lowest BCUT2D eigenvalue weighted by molar-refractivity contribution is -0.167. The fourth-order valence-corrected chi connectivity index (χ4v) is 2.22. The van der Waals surface area contributed by atoms with Gasteiger partial charge in [-0.05, 0) is 31.2 Å². The van der Waals surface area contributed by atoms with E-state index in [1.807, 2.05) is 36.4 Å². The summed E-state index contributed by atoms with van der Waals surface area (Å²) in [5.41, 5.74) is 2.45. The van der Waals surface area contributed by atoms with Gasteiger partial charge < -0.3 is 14.6 Å². The Hall–Kier alpha value is -3.19. The number of carbonyl (C=O) groups is 1. The van der Waals surface area contributed by atoms with E-state index in [9.17, 15) is 9.90 Å². The third-order valence-corrected chi connectivity index (χ3v) is 3.42. The highest BCUT2D eigenvalue weighted by atomic mass is 16.7. The van der Waals surface area contributed by atoms with E-state index >= 15 is 0 Å². The molecule has 0 radical (unpaired) electrons. The van der Waals surface area contributed by atoms with Gasteiger partial charge in [0.2, 0.25) is 6.29 Å². The van der Waals surface area contributed by atoms with Crippen molar-refractivity contribution in [3.8, 4) is 11.4 Å². The second-order valence-corrected chi connectivity index (χ2v) is 5.41. The predicted octanol–water partition coefficient (Wildman–Crippen LogP) is 2.24. The van der Waals surface area contributed by atoms with Crippen LogP contribution in [-0.4, -0.2) is 39.0 Å². The number of aliphatic hydroxyl groups is 1. The first-order valence-electron chi connectivity index (χ1n) is 7.63. The molecule has 25 heavy (non-hydrogen) atoms. The highest BCUT2D eigenvalue weighted by Crippen LogP contribution is 2.25. The monoisotopic (exact) mass is 339 g/mol. The molecule has 0 aliphatic rings. The van der Waals surface area contributed by atoms with Gasteiger partial charge in [-0.25, -0.2) is 9.48 Å². The second-order valence-electron chi connectivity index (χ2n) is 5.41. The van der Waals surface area contributed by atoms with Crippen LogP contribution < -0.4 is 4.74 Å². The lowest BCUT2D eigenvalue weighted by atomic mass is 10.2. The molecule has 7 nitrogen and oxygen atoms in total. The largest absolute Gasteiger partial charge is 0.485 e. The molecule has 0 aliphatic heterocycles. The summed E-state index contributed by atoms with van der Waals surface area (Å²) >= 11 is 0. The Morgan fingerprint density at radius 3 is 2.76 bits per heavy atom. The number of hydrogen-bond donors (Lipinski definition) is 1. The zero-order chi connectivity index (χ0) is 17.8. The Kier molecular flexibility index (Phi) is 4.76. The van der Waals surface area contributed by atoms with Crippen molar-refractivity contribution >= 4 is 17.0 Å². The zero-order valence-electron chi connectivity index (χ0n) is 13.6. The van der Waals surface area contributed by atoms with Crippen LogP contribution in [0.2, 0.25) is 0 Å². The third-order valence-electron chi connectivity index (χ3n) is 3.42. The molecule has 0 saturated carbocycles. The molecule has 0 spiro atoms. The molecule has 0 amide bonds. The minimum Gasteiger partial charge on any atom is -0.485 e. The topological polar surface area (TPSA) is 86.5 Å². The molecule has 0 saturated heterocycles. The molecule has 0 bridgehead atoms. The molecule has 7 heteroatoms. The molecule has 1 heterocycles. The van der Waals surface area contributed by atoms with Crippen molar-refractivity contribution in [3.63, 3.8) is 0 Å². The van der Waals surface area contributed by atoms with Gasteiger partial charge in [0.1, 0.15) is 17.0 Å². The first kappa shape index (κ1) is 16.7. The fraction of sp³-hybridized carbons (Fsp3) is 0.167. The Morgan fingerprint density at radius 1 is 1.24 bits per heavy atom. The lowest BCUT2D eigenvalue weighted by Gasteiger charge is -2.15. The Labute approximate surface area is 144 Å². The number of aliphatic hydroxyl groups excluding tert-OH is 1. The summed E-state index contributed by atoms with van der Waals surface area (Å²) in [5, 5.41) is 18.1. The number of nitrogens with zero attached hydrogens (tertiary/aromatic N) is 3. The van der Waals surface area contributed by atoms with Crippen molar-refractivity contribution in [2.75, 3.05) is 6.61 Å². The fourth-order valence-electron chi connectivity index (χ4n) is 2.22. The predicted molar refractivity (Wildman–Crippen MR) is 91.3 cm³/mol. The number of aromatic nitrogens is 3. The first-order valence-corrected chi connectivity index (χ1v) is 7.63. The van der Waals surface area contributed by atoms with Crippen molar-refractivity contribution in [1.82, 2.24) is 15.0 Å². The van der Waals surface area contributed by atoms with Gasteiger partial charge in [-0.3, -0.25) is 0 Å². The van der Waals surface area contributed by atoms with E-state index in [0.29, 0.717) is 11.4 Å². The number of ether oxygens (including phenoxy) is 2. The number of hydrogen-bond acceptors (Lipinski definition) is 6. The lowest BCUT2D eigenvalue weighted by Crippen LogP contribution is -2.25. The maximum Gasteiger partial charge on any atom is 0.335 e. The van der Waals surface area contributed by atoms with Gasteiger partial charge in [0.15, 0.2) is 6.61 Å². The summed E-state index contributed by atoms with van der Waals surface area (Å²) in [7, 11) is 0. The third kappa shape index (κ3) is 3.67. The Balaban J connectivity index is 1.80. The second kappa shape index (κ2) is 7.14. The van der Waals surface area contributed by atoms with Crippen LogP contribution in [0.3, 0.4) is 0 Å². The minimum absolute atomic E-state index is 0.202. The molecule has 1 atom stereocenters. The van der Waals surface area contributed by atoms with Crippen LogP contribution >= 0.6 is 0 Å². The molecular formula is C18H17N3O4. The summed E-state index contributed by atoms with van der Waals surface area (Å²) in [6.45, 7) is 4.74. The number of esters is 1. The molecule has 1 unspecified atom stereocenters. The molecule has 1 N–H and O–H groups in total. The summed E-state index contributed by atoms with van der Waals surface area (Å²) in [4.78, 5) is 11.4. The summed E-state index contributed by atoms with van der Waals surface area (Å²) in [6.07, 6.45) is -1.40. The van der Waals surface area contributed by atoms with E-state index in [0.717, 1.165) is 11.0 Å². The van der Waals surface area contributed by atoms with E-state index < -0.39 is 12.3 Å². The summed E-state index contributed by atoms with van der Waals surface area (Å²) in [6, 6.07) is 14.7. The zero-order valence-corrected chi connectivity index (χ0v) is 13.6. The number of fused-ring (bicyclic) bond motifs is 1. The van der Waals surface area contributed by atoms with Crippen LogP contribution in [0.4, 0.5) is 0 Å². The molecule has 1 aromatic heterocycles. The van der Waals surface area contributed by atoms with Gasteiger partial charge >= 0.3 is 5.97 Å². The minimum atomic E-state index is -1.40. The van der Waals surface area contributed by atoms with Crippen LogP contribution in [0.15, 0.2) is 60.7 Å². The number of carbonyl (C=O) groups excluding carboxylic acids is 1. The van der Waals surface area contributed by atoms with Crippen molar-refractivity contribution in [1.29, 1.82) is 0 Å². The van der Waals surface area contributed by atoms with E-state index in [1.165, 1.54) is 6.92 Å². The summed E-state index contributed by atoms with van der Waals surface area (Å²) in [5.74, 6) is -0.199. The normalized spacial score (nSPS) is 11.9. The molecule has 0 fully saturated rings. The number of para-hydroxylation sites is 3. The SMILES string of the molecule is C=C(C)C(=O)OC(O)COc1ccccc1-n1nnc2ccccc21. The average molecular weight is 339 g/mol. The molecule has 2 aromatic carbocycles. The Morgan fingerprint density at radius 2 is 1.96 bits per heavy atom. The standard InChI is InChI=1S/C18H17N3O4/c1-12(2)18(23)25-17(22)11-24-16-10-6-5-9-15(16)21-14-8-4-3-7-13(14)19-20-21/h3-10,17,22H,1,11H2,2H3. The molecule has 128 valence electrons. The maximum absolute atomic E-state index is 11.4. The van der Waals surface area contributed by atoms with Crippen LogP contribution in [-0.2, 0) is 9.53 Å². The van der Waals surface area contributed by atoms with Crippen LogP contribution in [0, 0.1) is 0 Å². The van der Waals surface area contributed by atoms with Crippen molar-refractivity contribution < 1.29 is 19.4 Å². The van der Waals surface area contributed by atoms with E-state index in [-0.39, 0.29) is 12.2 Å². The quantitative estimate of drug-likeness (QED) is 0.421. The van der Waals surface area contributed by atoms with E-state index in [4.69, 9.17) is 9.47 Å². The highest BCUT2D eigenvalue weighted by molar-refractivity contribution is 5.87. The van der Waals surface area contributed by atoms with Crippen LogP contribution in [0.25, 0.3) is 16.7 Å². The van der Waals surface area contributed by atoms with Gasteiger partial charge in [0, 0.05) is 5.57 Å². The maximum atomic E-state index is 11.4. The van der Waals surface area contributed by atoms with Gasteiger partial charge in [0.25, 0.3) is 0 Å². The first-order chi connectivity index (χ1) is 12.1. The van der Waals surface area contributed by atoms with Gasteiger partial charge in [-0.2, -0.15) is 0 Å². The summed E-state index contributed by atoms with van der Waals surface area (Å²) < 4.78 is 12.0. The molecular weight excluding hydrogens is 322 g/mol. The number of benzene rings is 2. The number of rotatable bonds is 6. The van der Waals surface area contributed by atoms with Crippen molar-refractivity contribution in [2.45, 2.75) is 13.2 Å². The van der Waals surface area contributed by atoms with Crippen LogP contribution in [0.5, 0.6) is 5.75 Å². The highest BCUT2D eigenvalue weighted by Gasteiger charge is 2.15. The Bertz CT molecular complexity index is 919. The van der Waals surface area contributed by atoms with Gasteiger partial charge in [-0.1, -0.05) is 36.1 Å². The van der Waals surface area contributed by atoms with E-state index in [2.05, 4.69) is 16.9 Å².